The molecule has 1 aliphatic heterocycles. The Morgan fingerprint density at radius 2 is 1.79 bits per heavy atom. The molecular formula is C27H27Cl2NO4. The molecule has 178 valence electrons. The van der Waals surface area contributed by atoms with Gasteiger partial charge in [0.25, 0.3) is 0 Å². The third kappa shape index (κ3) is 5.07. The van der Waals surface area contributed by atoms with Crippen molar-refractivity contribution < 1.29 is 19.1 Å². The van der Waals surface area contributed by atoms with E-state index in [1.807, 2.05) is 56.3 Å². The van der Waals surface area contributed by atoms with Crippen molar-refractivity contribution in [3.05, 3.63) is 92.2 Å². The van der Waals surface area contributed by atoms with Crippen LogP contribution in [0.1, 0.15) is 49.7 Å². The number of benzene rings is 2. The van der Waals surface area contributed by atoms with Gasteiger partial charge in [0.1, 0.15) is 6.61 Å². The van der Waals surface area contributed by atoms with Crippen LogP contribution in [0.2, 0.25) is 10.0 Å². The van der Waals surface area contributed by atoms with E-state index in [1.54, 1.807) is 6.07 Å². The third-order valence-electron chi connectivity index (χ3n) is 6.27. The molecule has 0 saturated carbocycles. The molecule has 5 nitrogen and oxygen atoms in total. The summed E-state index contributed by atoms with van der Waals surface area (Å²) < 4.78 is 10.8. The van der Waals surface area contributed by atoms with E-state index in [-0.39, 0.29) is 18.3 Å². The maximum atomic E-state index is 13.6. The van der Waals surface area contributed by atoms with Crippen molar-refractivity contribution in [2.24, 2.45) is 0 Å². The number of carbonyl (C=O) groups is 2. The van der Waals surface area contributed by atoms with E-state index in [1.165, 1.54) is 0 Å². The van der Waals surface area contributed by atoms with Gasteiger partial charge >= 0.3 is 5.97 Å². The Morgan fingerprint density at radius 1 is 1.06 bits per heavy atom. The molecular weight excluding hydrogens is 473 g/mol. The van der Waals surface area contributed by atoms with Crippen molar-refractivity contribution in [3.63, 3.8) is 0 Å². The second-order valence-electron chi connectivity index (χ2n) is 8.42. The van der Waals surface area contributed by atoms with Gasteiger partial charge in [-0.15, -0.1) is 0 Å². The van der Waals surface area contributed by atoms with E-state index >= 15 is 0 Å². The molecule has 7 heteroatoms. The molecule has 0 unspecified atom stereocenters. The van der Waals surface area contributed by atoms with E-state index in [4.69, 9.17) is 32.7 Å². The lowest BCUT2D eigenvalue weighted by Gasteiger charge is -2.37. The highest BCUT2D eigenvalue weighted by Crippen LogP contribution is 2.47. The number of dihydropyridines is 1. The quantitative estimate of drug-likeness (QED) is 0.377. The lowest BCUT2D eigenvalue weighted by atomic mass is 9.71. The Kier molecular flexibility index (Phi) is 7.77. The Labute approximate surface area is 209 Å². The maximum Gasteiger partial charge on any atom is 0.336 e. The van der Waals surface area contributed by atoms with Crippen LogP contribution in [-0.2, 0) is 19.1 Å². The summed E-state index contributed by atoms with van der Waals surface area (Å²) in [5.41, 5.74) is 4.25. The van der Waals surface area contributed by atoms with Crippen LogP contribution in [0.3, 0.4) is 0 Å². The number of Topliss-reactive ketones (excluding diaryl/α,β-unsaturated/α-hetero) is 1. The zero-order valence-electron chi connectivity index (χ0n) is 19.2. The number of allylic oxidation sites excluding steroid dienone is 3. The number of hydrogen-bond donors (Lipinski definition) is 1. The number of ketones is 1. The van der Waals surface area contributed by atoms with Gasteiger partial charge in [0, 0.05) is 46.0 Å². The fourth-order valence-corrected chi connectivity index (χ4v) is 5.09. The summed E-state index contributed by atoms with van der Waals surface area (Å²) >= 11 is 12.6. The summed E-state index contributed by atoms with van der Waals surface area (Å²) in [6, 6.07) is 14.9. The van der Waals surface area contributed by atoms with E-state index < -0.39 is 11.9 Å². The first-order chi connectivity index (χ1) is 16.4. The first-order valence-corrected chi connectivity index (χ1v) is 12.1. The normalized spacial score (nSPS) is 20.2. The molecule has 0 bridgehead atoms. The molecule has 2 aromatic carbocycles. The van der Waals surface area contributed by atoms with Gasteiger partial charge in [0.15, 0.2) is 5.78 Å². The number of hydrogen-bond acceptors (Lipinski definition) is 5. The van der Waals surface area contributed by atoms with Crippen molar-refractivity contribution in [1.82, 2.24) is 5.32 Å². The summed E-state index contributed by atoms with van der Waals surface area (Å²) in [5, 5.41) is 4.51. The molecule has 2 aromatic rings. The lowest BCUT2D eigenvalue weighted by molar-refractivity contribution is -0.140. The highest BCUT2D eigenvalue weighted by atomic mass is 35.5. The van der Waals surface area contributed by atoms with Gasteiger partial charge in [-0.3, -0.25) is 4.79 Å². The van der Waals surface area contributed by atoms with E-state index in [0.29, 0.717) is 58.5 Å². The highest BCUT2D eigenvalue weighted by molar-refractivity contribution is 6.31. The van der Waals surface area contributed by atoms with Crippen LogP contribution in [0.15, 0.2) is 71.1 Å². The standard InChI is InChI=1S/C27H27Cl2NO4/c1-3-33-12-13-34-27(32)24-16(2)30-22-14-18(17-8-10-19(28)11-9-17)15-23(31)26(22)25(24)20-6-4-5-7-21(20)29/h4-11,18,25,30H,3,12-15H2,1-2H3/t18-,25+/m1/s1. The molecule has 0 spiro atoms. The van der Waals surface area contributed by atoms with Crippen LogP contribution < -0.4 is 5.32 Å². The second kappa shape index (κ2) is 10.8. The predicted octanol–water partition coefficient (Wildman–Crippen LogP) is 5.93. The summed E-state index contributed by atoms with van der Waals surface area (Å²) in [7, 11) is 0. The van der Waals surface area contributed by atoms with Gasteiger partial charge < -0.3 is 14.8 Å². The van der Waals surface area contributed by atoms with E-state index in [2.05, 4.69) is 5.32 Å². The van der Waals surface area contributed by atoms with Gasteiger partial charge in [-0.05, 0) is 55.5 Å². The molecule has 1 N–H and O–H groups in total. The number of halogens is 2. The smallest absolute Gasteiger partial charge is 0.336 e. The number of ether oxygens (including phenoxy) is 2. The molecule has 1 aliphatic carbocycles. The largest absolute Gasteiger partial charge is 0.460 e. The lowest BCUT2D eigenvalue weighted by Crippen LogP contribution is -2.36. The number of rotatable bonds is 7. The Balaban J connectivity index is 1.72. The van der Waals surface area contributed by atoms with Crippen LogP contribution in [0.25, 0.3) is 0 Å². The molecule has 2 aliphatic rings. The van der Waals surface area contributed by atoms with E-state index in [0.717, 1.165) is 11.3 Å². The number of nitrogens with one attached hydrogen (secondary N) is 1. The van der Waals surface area contributed by atoms with Crippen LogP contribution in [-0.4, -0.2) is 31.6 Å². The predicted molar refractivity (Wildman–Crippen MR) is 133 cm³/mol. The molecule has 0 amide bonds. The molecule has 0 radical (unpaired) electrons. The minimum Gasteiger partial charge on any atom is -0.460 e. The van der Waals surface area contributed by atoms with Gasteiger partial charge in [-0.2, -0.15) is 0 Å². The van der Waals surface area contributed by atoms with Gasteiger partial charge in [-0.1, -0.05) is 53.5 Å². The zero-order valence-corrected chi connectivity index (χ0v) is 20.7. The zero-order chi connectivity index (χ0) is 24.2. The summed E-state index contributed by atoms with van der Waals surface area (Å²) in [6.07, 6.45) is 0.989. The van der Waals surface area contributed by atoms with Crippen molar-refractivity contribution in [1.29, 1.82) is 0 Å². The van der Waals surface area contributed by atoms with Gasteiger partial charge in [0.05, 0.1) is 12.2 Å². The monoisotopic (exact) mass is 499 g/mol. The minimum atomic E-state index is -0.594. The Bertz CT molecular complexity index is 1150. The summed E-state index contributed by atoms with van der Waals surface area (Å²) in [6.45, 7) is 4.71. The average Bonchev–Trinajstić information content (AvgIpc) is 2.81. The molecule has 0 aromatic heterocycles. The van der Waals surface area contributed by atoms with Gasteiger partial charge in [0.2, 0.25) is 0 Å². The van der Waals surface area contributed by atoms with Crippen LogP contribution in [0, 0.1) is 0 Å². The fraction of sp³-hybridized carbons (Fsp3) is 0.333. The number of esters is 1. The second-order valence-corrected chi connectivity index (χ2v) is 9.27. The molecule has 4 rings (SSSR count). The average molecular weight is 500 g/mol. The topological polar surface area (TPSA) is 64.6 Å². The van der Waals surface area contributed by atoms with E-state index in [9.17, 15) is 9.59 Å². The Hall–Kier alpha value is -2.60. The fourth-order valence-electron chi connectivity index (χ4n) is 4.72. The molecule has 2 atom stereocenters. The van der Waals surface area contributed by atoms with Crippen molar-refractivity contribution in [2.45, 2.75) is 38.5 Å². The van der Waals surface area contributed by atoms with Crippen LogP contribution in [0.5, 0.6) is 0 Å². The highest BCUT2D eigenvalue weighted by Gasteiger charge is 2.42. The molecule has 1 heterocycles. The third-order valence-corrected chi connectivity index (χ3v) is 6.87. The van der Waals surface area contributed by atoms with Crippen LogP contribution in [0.4, 0.5) is 0 Å². The SMILES string of the molecule is CCOCCOC(=O)C1=C(C)NC2=C(C(=O)C[C@H](c3ccc(Cl)cc3)C2)[C@H]1c1ccccc1Cl. The van der Waals surface area contributed by atoms with Crippen molar-refractivity contribution >= 4 is 35.0 Å². The maximum absolute atomic E-state index is 13.6. The molecule has 34 heavy (non-hydrogen) atoms. The molecule has 0 saturated heterocycles. The molecule has 0 fully saturated rings. The number of carbonyl (C=O) groups excluding carboxylic acids is 2. The summed E-state index contributed by atoms with van der Waals surface area (Å²) in [5.74, 6) is -1.06. The first-order valence-electron chi connectivity index (χ1n) is 11.4. The minimum absolute atomic E-state index is 0.00858. The van der Waals surface area contributed by atoms with Crippen molar-refractivity contribution in [2.75, 3.05) is 19.8 Å². The Morgan fingerprint density at radius 3 is 2.50 bits per heavy atom. The van der Waals surface area contributed by atoms with Crippen LogP contribution >= 0.6 is 23.2 Å². The first kappa shape index (κ1) is 24.5. The van der Waals surface area contributed by atoms with Gasteiger partial charge in [-0.25, -0.2) is 4.79 Å². The summed E-state index contributed by atoms with van der Waals surface area (Å²) in [4.78, 5) is 26.8. The van der Waals surface area contributed by atoms with Crippen molar-refractivity contribution in [3.8, 4) is 0 Å².